The smallest absolute Gasteiger partial charge is 0.231 e. The summed E-state index contributed by atoms with van der Waals surface area (Å²) < 4.78 is 46.4. The van der Waals surface area contributed by atoms with Crippen molar-refractivity contribution in [2.24, 2.45) is 0 Å². The highest BCUT2D eigenvalue weighted by molar-refractivity contribution is 7.99. The predicted octanol–water partition coefficient (Wildman–Crippen LogP) is 2.66. The molecule has 184 valence electrons. The topological polar surface area (TPSA) is 160 Å². The molecule has 1 aromatic carbocycles. The Labute approximate surface area is 205 Å². The summed E-state index contributed by atoms with van der Waals surface area (Å²) in [5, 5.41) is 0.477. The lowest BCUT2D eigenvalue weighted by Gasteiger charge is -2.20. The van der Waals surface area contributed by atoms with Gasteiger partial charge in [-0.1, -0.05) is 11.8 Å². The molecule has 35 heavy (non-hydrogen) atoms. The number of imidazole rings is 1. The highest BCUT2D eigenvalue weighted by atomic mass is 32.2. The van der Waals surface area contributed by atoms with Crippen molar-refractivity contribution >= 4 is 38.8 Å². The van der Waals surface area contributed by atoms with Crippen LogP contribution in [0.1, 0.15) is 20.8 Å². The largest absolute Gasteiger partial charge is 0.454 e. The molecule has 5 rings (SSSR count). The minimum atomic E-state index is -3.58. The number of anilines is 1. The van der Waals surface area contributed by atoms with Crippen LogP contribution in [0.15, 0.2) is 45.4 Å². The molecule has 3 aromatic heterocycles. The van der Waals surface area contributed by atoms with Crippen LogP contribution in [0.25, 0.3) is 22.6 Å². The van der Waals surface area contributed by atoms with E-state index in [-0.39, 0.29) is 24.9 Å². The van der Waals surface area contributed by atoms with Gasteiger partial charge < -0.3 is 24.2 Å². The van der Waals surface area contributed by atoms with Gasteiger partial charge in [-0.25, -0.2) is 33.1 Å². The Bertz CT molecular complexity index is 1490. The van der Waals surface area contributed by atoms with Crippen LogP contribution in [0.2, 0.25) is 0 Å². The van der Waals surface area contributed by atoms with E-state index in [1.54, 1.807) is 37.6 Å². The van der Waals surface area contributed by atoms with E-state index >= 15 is 0 Å². The van der Waals surface area contributed by atoms with E-state index in [1.165, 1.54) is 24.4 Å². The zero-order valence-electron chi connectivity index (χ0n) is 19.2. The number of nitrogen functional groups attached to an aromatic ring is 1. The summed E-state index contributed by atoms with van der Waals surface area (Å²) in [5.74, 6) is 1.56. The number of rotatable bonds is 7. The number of aromatic nitrogens is 5. The number of hydrogen-bond acceptors (Lipinski definition) is 11. The minimum Gasteiger partial charge on any atom is -0.454 e. The van der Waals surface area contributed by atoms with Crippen LogP contribution < -0.4 is 19.9 Å². The second-order valence-electron chi connectivity index (χ2n) is 8.79. The number of ether oxygens (including phenoxy) is 2. The SMILES string of the molecule is CC(C)(C)NS(=O)(=O)CCn1c(Sc2cc3c(cc2-c2ncco2)OCO3)nc2c(N)ncnc21. The molecule has 1 aliphatic rings. The summed E-state index contributed by atoms with van der Waals surface area (Å²) in [6.07, 6.45) is 4.35. The van der Waals surface area contributed by atoms with Crippen LogP contribution >= 0.6 is 11.8 Å². The fourth-order valence-corrected chi connectivity index (χ4v) is 6.07. The molecule has 14 heteroatoms. The molecule has 0 atom stereocenters. The van der Waals surface area contributed by atoms with Crippen molar-refractivity contribution in [3.8, 4) is 23.0 Å². The number of aryl methyl sites for hydroxylation is 1. The third-order valence-electron chi connectivity index (χ3n) is 4.91. The van der Waals surface area contributed by atoms with Crippen LogP contribution in [-0.4, -0.2) is 51.0 Å². The van der Waals surface area contributed by atoms with Gasteiger partial charge in [-0.2, -0.15) is 0 Å². The van der Waals surface area contributed by atoms with Crippen LogP contribution in [0.5, 0.6) is 11.5 Å². The monoisotopic (exact) mass is 517 g/mol. The fourth-order valence-electron chi connectivity index (χ4n) is 3.57. The first-order chi connectivity index (χ1) is 16.6. The molecule has 4 heterocycles. The van der Waals surface area contributed by atoms with Gasteiger partial charge in [-0.05, 0) is 32.9 Å². The van der Waals surface area contributed by atoms with E-state index in [4.69, 9.17) is 19.6 Å². The van der Waals surface area contributed by atoms with Gasteiger partial charge in [0, 0.05) is 17.0 Å². The van der Waals surface area contributed by atoms with E-state index in [0.29, 0.717) is 39.3 Å². The van der Waals surface area contributed by atoms with Gasteiger partial charge in [0.2, 0.25) is 22.7 Å². The Balaban J connectivity index is 1.56. The molecule has 12 nitrogen and oxygen atoms in total. The zero-order chi connectivity index (χ0) is 24.8. The van der Waals surface area contributed by atoms with Crippen molar-refractivity contribution in [2.45, 2.75) is 42.9 Å². The number of nitrogens with zero attached hydrogens (tertiary/aromatic N) is 5. The van der Waals surface area contributed by atoms with Gasteiger partial charge in [-0.15, -0.1) is 0 Å². The highest BCUT2D eigenvalue weighted by Crippen LogP contribution is 2.44. The molecular weight excluding hydrogens is 494 g/mol. The third kappa shape index (κ3) is 4.90. The number of nitrogens with two attached hydrogens (primary N) is 1. The Kier molecular flexibility index (Phi) is 5.81. The maximum atomic E-state index is 12.7. The maximum absolute atomic E-state index is 12.7. The number of sulfonamides is 1. The van der Waals surface area contributed by atoms with Gasteiger partial charge in [0.25, 0.3) is 0 Å². The quantitative estimate of drug-likeness (QED) is 0.371. The first-order valence-corrected chi connectivity index (χ1v) is 13.1. The fraction of sp³-hybridized carbons (Fsp3) is 0.333. The summed E-state index contributed by atoms with van der Waals surface area (Å²) in [5.41, 5.74) is 6.94. The van der Waals surface area contributed by atoms with Crippen molar-refractivity contribution in [1.82, 2.24) is 29.2 Å². The van der Waals surface area contributed by atoms with Crippen molar-refractivity contribution in [2.75, 3.05) is 18.3 Å². The average molecular weight is 518 g/mol. The molecule has 0 fully saturated rings. The Morgan fingerprint density at radius 3 is 2.66 bits per heavy atom. The predicted molar refractivity (Wildman–Crippen MR) is 129 cm³/mol. The number of hydrogen-bond donors (Lipinski definition) is 2. The molecule has 1 aliphatic heterocycles. The summed E-state index contributed by atoms with van der Waals surface area (Å²) in [7, 11) is -3.58. The van der Waals surface area contributed by atoms with Crippen LogP contribution in [0, 0.1) is 0 Å². The van der Waals surface area contributed by atoms with Crippen LogP contribution in [-0.2, 0) is 16.6 Å². The van der Waals surface area contributed by atoms with E-state index in [2.05, 4.69) is 24.7 Å². The highest BCUT2D eigenvalue weighted by Gasteiger charge is 2.25. The minimum absolute atomic E-state index is 0.0968. The maximum Gasteiger partial charge on any atom is 0.231 e. The number of fused-ring (bicyclic) bond motifs is 2. The molecule has 0 aliphatic carbocycles. The standard InChI is InChI=1S/C21H23N7O5S2/c1-21(2,3)27-35(29,30)7-5-28-18-16(17(22)24-10-25-18)26-20(28)34-15-9-14-13(32-11-33-14)8-12(15)19-23-4-6-31-19/h4,6,8-10,27H,5,7,11H2,1-3H3,(H2,22,24,25). The second-order valence-corrected chi connectivity index (χ2v) is 11.6. The molecule has 0 bridgehead atoms. The molecule has 0 spiro atoms. The first kappa shape index (κ1) is 23.4. The molecule has 0 amide bonds. The molecule has 4 aromatic rings. The van der Waals surface area contributed by atoms with Crippen LogP contribution in [0.3, 0.4) is 0 Å². The normalized spacial score (nSPS) is 13.6. The van der Waals surface area contributed by atoms with Crippen molar-refractivity contribution in [1.29, 1.82) is 0 Å². The van der Waals surface area contributed by atoms with Gasteiger partial charge in [0.15, 0.2) is 33.6 Å². The van der Waals surface area contributed by atoms with E-state index in [9.17, 15) is 8.42 Å². The van der Waals surface area contributed by atoms with E-state index in [1.807, 2.05) is 6.07 Å². The van der Waals surface area contributed by atoms with Gasteiger partial charge in [-0.3, -0.25) is 0 Å². The van der Waals surface area contributed by atoms with E-state index in [0.717, 1.165) is 4.90 Å². The Morgan fingerprint density at radius 1 is 1.17 bits per heavy atom. The van der Waals surface area contributed by atoms with Crippen LogP contribution in [0.4, 0.5) is 5.82 Å². The lowest BCUT2D eigenvalue weighted by molar-refractivity contribution is 0.174. The van der Waals surface area contributed by atoms with Gasteiger partial charge in [0.05, 0.1) is 17.5 Å². The molecule has 0 saturated carbocycles. The van der Waals surface area contributed by atoms with Crippen molar-refractivity contribution in [3.05, 3.63) is 30.9 Å². The summed E-state index contributed by atoms with van der Waals surface area (Å²) in [6.45, 7) is 5.57. The summed E-state index contributed by atoms with van der Waals surface area (Å²) >= 11 is 1.28. The summed E-state index contributed by atoms with van der Waals surface area (Å²) in [4.78, 5) is 18.0. The van der Waals surface area contributed by atoms with E-state index < -0.39 is 15.6 Å². The van der Waals surface area contributed by atoms with Gasteiger partial charge in [0.1, 0.15) is 12.6 Å². The van der Waals surface area contributed by atoms with Crippen molar-refractivity contribution < 1.29 is 22.3 Å². The lowest BCUT2D eigenvalue weighted by atomic mass is 10.1. The first-order valence-electron chi connectivity index (χ1n) is 10.6. The average Bonchev–Trinajstić information content (AvgIpc) is 3.50. The second kappa shape index (κ2) is 8.70. The molecule has 0 unspecified atom stereocenters. The van der Waals surface area contributed by atoms with Gasteiger partial charge >= 0.3 is 0 Å². The zero-order valence-corrected chi connectivity index (χ0v) is 20.8. The number of nitrogens with one attached hydrogen (secondary N) is 1. The lowest BCUT2D eigenvalue weighted by Crippen LogP contribution is -2.42. The molecule has 3 N–H and O–H groups in total. The third-order valence-corrected chi connectivity index (χ3v) is 7.60. The van der Waals surface area contributed by atoms with Crippen molar-refractivity contribution in [3.63, 3.8) is 0 Å². The molecular formula is C21H23N7O5S2. The number of benzene rings is 1. The molecule has 0 radical (unpaired) electrons. The number of oxazole rings is 1. The Morgan fingerprint density at radius 2 is 1.94 bits per heavy atom. The summed E-state index contributed by atoms with van der Waals surface area (Å²) in [6, 6.07) is 3.60. The molecule has 0 saturated heterocycles. The Hall–Kier alpha value is -3.36.